The maximum absolute atomic E-state index is 12.4. The number of hydrogen-bond donors (Lipinski definition) is 3. The zero-order valence-electron chi connectivity index (χ0n) is 46.3. The third-order valence-electron chi connectivity index (χ3n) is 14.1. The summed E-state index contributed by atoms with van der Waals surface area (Å²) in [7, 11) is 0. The summed E-state index contributed by atoms with van der Waals surface area (Å²) in [4.78, 5) is 24.5. The van der Waals surface area contributed by atoms with Gasteiger partial charge in [-0.25, -0.2) is 0 Å². The molecule has 0 aromatic carbocycles. The average molecular weight is 971 g/mol. The topological polar surface area (TPSA) is 95.9 Å². The molecule has 6 nitrogen and oxygen atoms in total. The van der Waals surface area contributed by atoms with Crippen molar-refractivity contribution in [2.75, 3.05) is 13.2 Å². The number of nitrogens with one attached hydrogen (secondary N) is 1. The Morgan fingerprint density at radius 1 is 0.391 bits per heavy atom. The van der Waals surface area contributed by atoms with Crippen LogP contribution in [-0.4, -0.2) is 47.4 Å². The maximum atomic E-state index is 12.4. The Morgan fingerprint density at radius 3 is 1.03 bits per heavy atom. The summed E-state index contributed by atoms with van der Waals surface area (Å²) >= 11 is 0. The Morgan fingerprint density at radius 2 is 0.681 bits per heavy atom. The Bertz CT molecular complexity index is 1120. The number of esters is 1. The number of rotatable bonds is 57. The summed E-state index contributed by atoms with van der Waals surface area (Å²) in [6.07, 6.45) is 73.4. The first-order valence-electron chi connectivity index (χ1n) is 30.8. The fraction of sp³-hybridized carbons (Fsp3) is 0.873. The van der Waals surface area contributed by atoms with Crippen molar-refractivity contribution < 1.29 is 24.5 Å². The fourth-order valence-corrected chi connectivity index (χ4v) is 9.39. The lowest BCUT2D eigenvalue weighted by molar-refractivity contribution is -0.143. The van der Waals surface area contributed by atoms with Crippen molar-refractivity contribution in [2.45, 2.75) is 341 Å². The van der Waals surface area contributed by atoms with Crippen molar-refractivity contribution in [3.05, 3.63) is 36.5 Å². The molecule has 3 N–H and O–H groups in total. The molecule has 0 aromatic rings. The molecule has 0 saturated heterocycles. The lowest BCUT2D eigenvalue weighted by atomic mass is 10.0. The molecular formula is C63H119NO5. The molecule has 0 aromatic heterocycles. The lowest BCUT2D eigenvalue weighted by Crippen LogP contribution is -2.45. The maximum Gasteiger partial charge on any atom is 0.305 e. The minimum atomic E-state index is -0.845. The molecule has 0 heterocycles. The molecule has 6 heteroatoms. The molecule has 0 aliphatic heterocycles. The summed E-state index contributed by atoms with van der Waals surface area (Å²) in [5, 5.41) is 23.0. The quantitative estimate of drug-likeness (QED) is 0.0321. The summed E-state index contributed by atoms with van der Waals surface area (Å²) in [6.45, 7) is 4.89. The first-order valence-corrected chi connectivity index (χ1v) is 30.8. The smallest absolute Gasteiger partial charge is 0.305 e. The van der Waals surface area contributed by atoms with Crippen LogP contribution >= 0.6 is 0 Å². The van der Waals surface area contributed by atoms with E-state index in [1.165, 1.54) is 257 Å². The van der Waals surface area contributed by atoms with Crippen LogP contribution < -0.4 is 5.32 Å². The van der Waals surface area contributed by atoms with E-state index in [-0.39, 0.29) is 18.5 Å². The number of carbonyl (C=O) groups excluding carboxylic acids is 2. The second-order valence-corrected chi connectivity index (χ2v) is 21.0. The number of aliphatic hydroxyl groups is 2. The largest absolute Gasteiger partial charge is 0.466 e. The van der Waals surface area contributed by atoms with Gasteiger partial charge in [-0.3, -0.25) is 9.59 Å². The second kappa shape index (κ2) is 58.6. The number of aliphatic hydroxyl groups excluding tert-OH is 2. The molecule has 1 amide bonds. The molecule has 69 heavy (non-hydrogen) atoms. The van der Waals surface area contributed by atoms with Gasteiger partial charge in [0.1, 0.15) is 0 Å². The van der Waals surface area contributed by atoms with Crippen LogP contribution in [0.15, 0.2) is 36.5 Å². The van der Waals surface area contributed by atoms with Crippen LogP contribution in [0.25, 0.3) is 0 Å². The second-order valence-electron chi connectivity index (χ2n) is 21.0. The average Bonchev–Trinajstić information content (AvgIpc) is 3.35. The standard InChI is InChI=1S/C63H119NO5/c1-3-5-7-9-11-13-15-16-17-18-28-31-34-37-41-45-49-53-57-63(68)69-58-54-50-46-42-38-35-32-29-26-24-22-20-19-21-23-25-27-30-33-36-40-44-48-52-56-62(67)64-60(59-65)61(66)55-51-47-43-39-14-12-10-8-6-4-2/h17-18,21,23,51,55,60-61,65-66H,3-16,19-20,22,24-50,52-54,56-59H2,1-2H3,(H,64,67)/b18-17-,23-21-,55-51+. The monoisotopic (exact) mass is 970 g/mol. The zero-order valence-corrected chi connectivity index (χ0v) is 46.3. The molecule has 0 bridgehead atoms. The van der Waals surface area contributed by atoms with Gasteiger partial charge in [0.05, 0.1) is 25.4 Å². The Labute approximate surface area is 430 Å². The number of carbonyl (C=O) groups is 2. The normalized spacial score (nSPS) is 12.8. The highest BCUT2D eigenvalue weighted by atomic mass is 16.5. The van der Waals surface area contributed by atoms with Crippen molar-refractivity contribution >= 4 is 11.9 Å². The third-order valence-corrected chi connectivity index (χ3v) is 14.1. The van der Waals surface area contributed by atoms with E-state index in [1.807, 2.05) is 6.08 Å². The van der Waals surface area contributed by atoms with E-state index in [1.54, 1.807) is 6.08 Å². The SMILES string of the molecule is CCCCCCCCC/C=C\CCCCCCCCCC(=O)OCCCCCCCCCCCCCC/C=C\CCCCCCCCCCC(=O)NC(CO)C(O)/C=C/CCCCCCCCCC. The summed E-state index contributed by atoms with van der Waals surface area (Å²) in [5.74, 6) is -0.0653. The first-order chi connectivity index (χ1) is 34.0. The Hall–Kier alpha value is -1.92. The van der Waals surface area contributed by atoms with Crippen LogP contribution in [0.2, 0.25) is 0 Å². The first kappa shape index (κ1) is 67.1. The number of unbranched alkanes of at least 4 members (excludes halogenated alkanes) is 42. The van der Waals surface area contributed by atoms with Crippen molar-refractivity contribution in [3.8, 4) is 0 Å². The molecule has 2 atom stereocenters. The van der Waals surface area contributed by atoms with Gasteiger partial charge in [0, 0.05) is 12.8 Å². The molecule has 0 fully saturated rings. The van der Waals surface area contributed by atoms with Crippen LogP contribution in [0.3, 0.4) is 0 Å². The fourth-order valence-electron chi connectivity index (χ4n) is 9.39. The van der Waals surface area contributed by atoms with Crippen LogP contribution in [0, 0.1) is 0 Å². The van der Waals surface area contributed by atoms with Gasteiger partial charge in [-0.1, -0.05) is 269 Å². The molecule has 406 valence electrons. The highest BCUT2D eigenvalue weighted by Crippen LogP contribution is 2.16. The summed E-state index contributed by atoms with van der Waals surface area (Å²) < 4.78 is 5.49. The van der Waals surface area contributed by atoms with Crippen LogP contribution in [0.1, 0.15) is 328 Å². The van der Waals surface area contributed by atoms with E-state index in [0.717, 1.165) is 44.9 Å². The number of hydrogen-bond acceptors (Lipinski definition) is 5. The van der Waals surface area contributed by atoms with E-state index in [2.05, 4.69) is 43.5 Å². The van der Waals surface area contributed by atoms with E-state index in [4.69, 9.17) is 4.74 Å². The van der Waals surface area contributed by atoms with E-state index in [9.17, 15) is 19.8 Å². The van der Waals surface area contributed by atoms with Gasteiger partial charge in [0.15, 0.2) is 0 Å². The number of amides is 1. The van der Waals surface area contributed by atoms with Crippen molar-refractivity contribution in [1.82, 2.24) is 5.32 Å². The summed E-state index contributed by atoms with van der Waals surface area (Å²) in [5.41, 5.74) is 0. The highest BCUT2D eigenvalue weighted by Gasteiger charge is 2.18. The van der Waals surface area contributed by atoms with Gasteiger partial charge in [0.2, 0.25) is 5.91 Å². The lowest BCUT2D eigenvalue weighted by Gasteiger charge is -2.20. The van der Waals surface area contributed by atoms with E-state index in [0.29, 0.717) is 19.4 Å². The minimum Gasteiger partial charge on any atom is -0.466 e. The van der Waals surface area contributed by atoms with Gasteiger partial charge in [-0.05, 0) is 83.5 Å². The van der Waals surface area contributed by atoms with Gasteiger partial charge < -0.3 is 20.3 Å². The van der Waals surface area contributed by atoms with Crippen LogP contribution in [0.5, 0.6) is 0 Å². The third kappa shape index (κ3) is 55.2. The zero-order chi connectivity index (χ0) is 50.0. The predicted molar refractivity (Wildman–Crippen MR) is 301 cm³/mol. The number of allylic oxidation sites excluding steroid dienone is 5. The van der Waals surface area contributed by atoms with E-state index >= 15 is 0 Å². The molecular weight excluding hydrogens is 851 g/mol. The molecule has 0 aliphatic carbocycles. The molecule has 0 aliphatic rings. The predicted octanol–water partition coefficient (Wildman–Crippen LogP) is 19.2. The minimum absolute atomic E-state index is 0.00896. The molecule has 0 spiro atoms. The van der Waals surface area contributed by atoms with Crippen molar-refractivity contribution in [2.24, 2.45) is 0 Å². The molecule has 2 unspecified atom stereocenters. The van der Waals surface area contributed by atoms with Crippen molar-refractivity contribution in [3.63, 3.8) is 0 Å². The molecule has 0 radical (unpaired) electrons. The molecule has 0 saturated carbocycles. The Kier molecular flexibility index (Phi) is 57.0. The van der Waals surface area contributed by atoms with E-state index < -0.39 is 12.1 Å². The van der Waals surface area contributed by atoms with Crippen LogP contribution in [-0.2, 0) is 14.3 Å². The highest BCUT2D eigenvalue weighted by molar-refractivity contribution is 5.76. The van der Waals surface area contributed by atoms with Gasteiger partial charge in [0.25, 0.3) is 0 Å². The van der Waals surface area contributed by atoms with Gasteiger partial charge >= 0.3 is 5.97 Å². The van der Waals surface area contributed by atoms with Crippen molar-refractivity contribution in [1.29, 1.82) is 0 Å². The summed E-state index contributed by atoms with van der Waals surface area (Å²) in [6, 6.07) is -0.629. The Balaban J connectivity index is 3.38. The van der Waals surface area contributed by atoms with Gasteiger partial charge in [-0.2, -0.15) is 0 Å². The van der Waals surface area contributed by atoms with Crippen LogP contribution in [0.4, 0.5) is 0 Å². The number of ether oxygens (including phenoxy) is 1. The molecule has 0 rings (SSSR count). The van der Waals surface area contributed by atoms with Gasteiger partial charge in [-0.15, -0.1) is 0 Å².